The van der Waals surface area contributed by atoms with Crippen LogP contribution in [0.1, 0.15) is 27.4 Å². The van der Waals surface area contributed by atoms with Crippen LogP contribution in [0.15, 0.2) is 34.9 Å². The number of carbonyl (C=O) groups is 1. The van der Waals surface area contributed by atoms with Gasteiger partial charge in [-0.25, -0.2) is 4.79 Å². The topological polar surface area (TPSA) is 52.3 Å². The molecule has 2 aromatic rings. The normalized spacial score (nSPS) is 10.4. The fourth-order valence-corrected chi connectivity index (χ4v) is 2.48. The molecule has 0 aliphatic rings. The van der Waals surface area contributed by atoms with Gasteiger partial charge in [-0.15, -0.1) is 11.8 Å². The van der Waals surface area contributed by atoms with Crippen molar-refractivity contribution in [1.29, 1.82) is 0 Å². The Kier molecular flexibility index (Phi) is 4.63. The number of ether oxygens (including phenoxy) is 1. The van der Waals surface area contributed by atoms with Gasteiger partial charge in [-0.05, 0) is 24.6 Å². The molecule has 0 aliphatic carbocycles. The summed E-state index contributed by atoms with van der Waals surface area (Å²) in [7, 11) is 1.38. The summed E-state index contributed by atoms with van der Waals surface area (Å²) in [6.07, 6.45) is 0. The lowest BCUT2D eigenvalue weighted by atomic mass is 10.1. The van der Waals surface area contributed by atoms with Gasteiger partial charge in [0.2, 0.25) is 0 Å². The maximum Gasteiger partial charge on any atom is 0.337 e. The fraction of sp³-hybridized carbons (Fsp3) is 0.286. The first-order valence-corrected chi connectivity index (χ1v) is 7.01. The summed E-state index contributed by atoms with van der Waals surface area (Å²) in [6, 6.07) is 9.36. The van der Waals surface area contributed by atoms with E-state index < -0.39 is 0 Å². The first-order valence-electron chi connectivity index (χ1n) is 5.86. The summed E-state index contributed by atoms with van der Waals surface area (Å²) < 4.78 is 9.79. The van der Waals surface area contributed by atoms with Crippen molar-refractivity contribution in [3.8, 4) is 0 Å². The van der Waals surface area contributed by atoms with E-state index in [0.717, 1.165) is 28.5 Å². The van der Waals surface area contributed by atoms with Crippen LogP contribution >= 0.6 is 11.8 Å². The molecule has 0 saturated heterocycles. The molecule has 0 atom stereocenters. The van der Waals surface area contributed by atoms with Crippen molar-refractivity contribution in [2.45, 2.75) is 18.4 Å². The van der Waals surface area contributed by atoms with E-state index in [0.29, 0.717) is 5.56 Å². The minimum atomic E-state index is -0.309. The summed E-state index contributed by atoms with van der Waals surface area (Å²) in [5.74, 6) is 2.23. The van der Waals surface area contributed by atoms with Crippen molar-refractivity contribution in [2.24, 2.45) is 0 Å². The third-order valence-electron chi connectivity index (χ3n) is 2.56. The van der Waals surface area contributed by atoms with Crippen LogP contribution in [-0.2, 0) is 16.2 Å². The Bertz CT molecular complexity index is 548. The molecule has 19 heavy (non-hydrogen) atoms. The van der Waals surface area contributed by atoms with E-state index in [-0.39, 0.29) is 5.97 Å². The van der Waals surface area contributed by atoms with Crippen LogP contribution in [0.2, 0.25) is 0 Å². The third-order valence-corrected chi connectivity index (χ3v) is 3.59. The van der Waals surface area contributed by atoms with E-state index in [4.69, 9.17) is 4.52 Å². The number of hydrogen-bond acceptors (Lipinski definition) is 5. The second-order valence-corrected chi connectivity index (χ2v) is 5.10. The minimum Gasteiger partial charge on any atom is -0.465 e. The monoisotopic (exact) mass is 277 g/mol. The van der Waals surface area contributed by atoms with Gasteiger partial charge in [0.1, 0.15) is 5.76 Å². The summed E-state index contributed by atoms with van der Waals surface area (Å²) in [4.78, 5) is 11.3. The number of nitrogens with zero attached hydrogens (tertiary/aromatic N) is 1. The van der Waals surface area contributed by atoms with Gasteiger partial charge in [-0.3, -0.25) is 0 Å². The standard InChI is InChI=1S/C14H15NO3S/c1-10-7-13(18-15-10)9-19-8-11-3-5-12(6-4-11)14(16)17-2/h3-7H,8-9H2,1-2H3. The fourth-order valence-electron chi connectivity index (χ4n) is 1.61. The molecule has 100 valence electrons. The van der Waals surface area contributed by atoms with Crippen molar-refractivity contribution in [3.05, 3.63) is 52.9 Å². The van der Waals surface area contributed by atoms with Crippen LogP contribution < -0.4 is 0 Å². The van der Waals surface area contributed by atoms with E-state index in [1.807, 2.05) is 25.1 Å². The highest BCUT2D eigenvalue weighted by atomic mass is 32.2. The first kappa shape index (κ1) is 13.7. The Morgan fingerprint density at radius 1 is 1.32 bits per heavy atom. The average molecular weight is 277 g/mol. The Labute approximate surface area is 116 Å². The predicted octanol–water partition coefficient (Wildman–Crippen LogP) is 3.20. The van der Waals surface area contributed by atoms with Crippen molar-refractivity contribution in [3.63, 3.8) is 0 Å². The molecule has 1 heterocycles. The molecule has 5 heteroatoms. The number of aromatic nitrogens is 1. The zero-order valence-corrected chi connectivity index (χ0v) is 11.7. The predicted molar refractivity (Wildman–Crippen MR) is 74.0 cm³/mol. The van der Waals surface area contributed by atoms with Crippen molar-refractivity contribution >= 4 is 17.7 Å². The molecule has 0 N–H and O–H groups in total. The van der Waals surface area contributed by atoms with E-state index >= 15 is 0 Å². The Morgan fingerprint density at radius 2 is 2.05 bits per heavy atom. The molecule has 2 rings (SSSR count). The lowest BCUT2D eigenvalue weighted by Gasteiger charge is -2.02. The Balaban J connectivity index is 1.84. The van der Waals surface area contributed by atoms with Gasteiger partial charge in [-0.1, -0.05) is 17.3 Å². The number of aryl methyl sites for hydroxylation is 1. The number of esters is 1. The van der Waals surface area contributed by atoms with Gasteiger partial charge >= 0.3 is 5.97 Å². The average Bonchev–Trinajstić information content (AvgIpc) is 2.84. The maximum atomic E-state index is 11.3. The molecule has 4 nitrogen and oxygen atoms in total. The summed E-state index contributed by atoms with van der Waals surface area (Å²) in [5, 5.41) is 3.84. The summed E-state index contributed by atoms with van der Waals surface area (Å²) >= 11 is 1.74. The molecule has 1 aromatic heterocycles. The molecule has 0 amide bonds. The van der Waals surface area contributed by atoms with Gasteiger partial charge < -0.3 is 9.26 Å². The van der Waals surface area contributed by atoms with E-state index in [2.05, 4.69) is 9.89 Å². The molecule has 0 spiro atoms. The second-order valence-electron chi connectivity index (χ2n) is 4.12. The van der Waals surface area contributed by atoms with Gasteiger partial charge in [0.15, 0.2) is 0 Å². The highest BCUT2D eigenvalue weighted by Gasteiger charge is 2.05. The quantitative estimate of drug-likeness (QED) is 0.785. The minimum absolute atomic E-state index is 0.309. The van der Waals surface area contributed by atoms with Gasteiger partial charge in [-0.2, -0.15) is 0 Å². The van der Waals surface area contributed by atoms with Gasteiger partial charge in [0.25, 0.3) is 0 Å². The van der Waals surface area contributed by atoms with E-state index in [9.17, 15) is 4.79 Å². The molecule has 0 saturated carbocycles. The second kappa shape index (κ2) is 6.43. The smallest absolute Gasteiger partial charge is 0.337 e. The molecule has 0 radical (unpaired) electrons. The number of carbonyl (C=O) groups excluding carboxylic acids is 1. The molecule has 1 aromatic carbocycles. The SMILES string of the molecule is COC(=O)c1ccc(CSCc2cc(C)no2)cc1. The molecular formula is C14H15NO3S. The molecule has 0 bridgehead atoms. The number of rotatable bonds is 5. The lowest BCUT2D eigenvalue weighted by molar-refractivity contribution is 0.0600. The molecule has 0 aliphatic heterocycles. The van der Waals surface area contributed by atoms with Crippen LogP contribution in [0, 0.1) is 6.92 Å². The van der Waals surface area contributed by atoms with Gasteiger partial charge in [0.05, 0.1) is 24.1 Å². The van der Waals surface area contributed by atoms with Crippen LogP contribution in [0.3, 0.4) is 0 Å². The van der Waals surface area contributed by atoms with Gasteiger partial charge in [0, 0.05) is 11.8 Å². The highest BCUT2D eigenvalue weighted by molar-refractivity contribution is 7.97. The number of hydrogen-bond donors (Lipinski definition) is 0. The van der Waals surface area contributed by atoms with Crippen LogP contribution in [-0.4, -0.2) is 18.2 Å². The third kappa shape index (κ3) is 3.86. The first-order chi connectivity index (χ1) is 9.19. The lowest BCUT2D eigenvalue weighted by Crippen LogP contribution is -2.00. The summed E-state index contributed by atoms with van der Waals surface area (Å²) in [5.41, 5.74) is 2.63. The van der Waals surface area contributed by atoms with E-state index in [1.165, 1.54) is 7.11 Å². The number of benzene rings is 1. The van der Waals surface area contributed by atoms with Crippen LogP contribution in [0.4, 0.5) is 0 Å². The highest BCUT2D eigenvalue weighted by Crippen LogP contribution is 2.18. The van der Waals surface area contributed by atoms with Crippen molar-refractivity contribution < 1.29 is 14.1 Å². The van der Waals surface area contributed by atoms with Crippen molar-refractivity contribution in [2.75, 3.05) is 7.11 Å². The number of methoxy groups -OCH3 is 1. The molecule has 0 unspecified atom stereocenters. The van der Waals surface area contributed by atoms with Crippen molar-refractivity contribution in [1.82, 2.24) is 5.16 Å². The largest absolute Gasteiger partial charge is 0.465 e. The van der Waals surface area contributed by atoms with E-state index in [1.54, 1.807) is 23.9 Å². The zero-order chi connectivity index (χ0) is 13.7. The molecule has 0 fully saturated rings. The van der Waals surface area contributed by atoms with Crippen LogP contribution in [0.25, 0.3) is 0 Å². The zero-order valence-electron chi connectivity index (χ0n) is 10.9. The number of thioether (sulfide) groups is 1. The van der Waals surface area contributed by atoms with Crippen LogP contribution in [0.5, 0.6) is 0 Å². The maximum absolute atomic E-state index is 11.3. The summed E-state index contributed by atoms with van der Waals surface area (Å²) in [6.45, 7) is 1.91. The Hall–Kier alpha value is -1.75. The Morgan fingerprint density at radius 3 is 2.63 bits per heavy atom. The molecular weight excluding hydrogens is 262 g/mol.